The van der Waals surface area contributed by atoms with Crippen LogP contribution in [-0.2, 0) is 15.8 Å². The Morgan fingerprint density at radius 1 is 1.27 bits per heavy atom. The summed E-state index contributed by atoms with van der Waals surface area (Å²) in [5.74, 6) is 0. The summed E-state index contributed by atoms with van der Waals surface area (Å²) < 4.78 is 23.5. The molecule has 0 bridgehead atoms. The summed E-state index contributed by atoms with van der Waals surface area (Å²) in [6, 6.07) is 7.70. The Hall–Kier alpha value is -0.580. The normalized spacial score (nSPS) is 12.0. The van der Waals surface area contributed by atoms with Crippen molar-refractivity contribution in [3.8, 4) is 0 Å². The predicted molar refractivity (Wildman–Crippen MR) is 62.0 cm³/mol. The molecule has 0 aliphatic carbocycles. The van der Waals surface area contributed by atoms with Crippen molar-refractivity contribution < 1.29 is 8.42 Å². The molecule has 3 nitrogen and oxygen atoms in total. The van der Waals surface area contributed by atoms with Gasteiger partial charge in [0.25, 0.3) is 9.24 Å². The van der Waals surface area contributed by atoms with Gasteiger partial charge >= 0.3 is 0 Å². The lowest BCUT2D eigenvalue weighted by molar-refractivity contribution is 0.435. The molecule has 0 fully saturated rings. The molecule has 0 saturated carbocycles. The molecule has 0 radical (unpaired) electrons. The van der Waals surface area contributed by atoms with Crippen molar-refractivity contribution in [2.75, 3.05) is 6.54 Å². The number of hydrogen-bond donors (Lipinski definition) is 0. The van der Waals surface area contributed by atoms with E-state index in [1.807, 2.05) is 31.2 Å². The van der Waals surface area contributed by atoms with Crippen LogP contribution in [0.5, 0.6) is 0 Å². The first-order valence-electron chi connectivity index (χ1n) is 4.68. The minimum atomic E-state index is -3.62. The second kappa shape index (κ2) is 4.96. The number of hydrogen-bond acceptors (Lipinski definition) is 2. The van der Waals surface area contributed by atoms with Gasteiger partial charge in [-0.1, -0.05) is 36.8 Å². The van der Waals surface area contributed by atoms with E-state index in [0.29, 0.717) is 13.1 Å². The highest BCUT2D eigenvalue weighted by Gasteiger charge is 2.16. The summed E-state index contributed by atoms with van der Waals surface area (Å²) >= 11 is 0. The van der Waals surface area contributed by atoms with E-state index in [9.17, 15) is 8.42 Å². The largest absolute Gasteiger partial charge is 0.300 e. The molecule has 0 spiro atoms. The fraction of sp³-hybridized carbons (Fsp3) is 0.400. The van der Waals surface area contributed by atoms with E-state index in [1.165, 1.54) is 4.31 Å². The van der Waals surface area contributed by atoms with Crippen LogP contribution in [-0.4, -0.2) is 19.3 Å². The SMILES string of the molecule is CCN(Cc1ccc(C)cc1)S(=O)(=O)Cl. The minimum absolute atomic E-state index is 0.322. The van der Waals surface area contributed by atoms with Crippen molar-refractivity contribution >= 4 is 19.9 Å². The van der Waals surface area contributed by atoms with Gasteiger partial charge in [-0.15, -0.1) is 0 Å². The fourth-order valence-corrected chi connectivity index (χ4v) is 2.29. The molecule has 0 aliphatic heterocycles. The first kappa shape index (κ1) is 12.5. The zero-order valence-electron chi connectivity index (χ0n) is 8.77. The van der Waals surface area contributed by atoms with E-state index < -0.39 is 9.24 Å². The quantitative estimate of drug-likeness (QED) is 0.766. The molecule has 1 aromatic rings. The third-order valence-electron chi connectivity index (χ3n) is 2.14. The average molecular weight is 248 g/mol. The topological polar surface area (TPSA) is 37.4 Å². The van der Waals surface area contributed by atoms with Crippen LogP contribution in [0.15, 0.2) is 24.3 Å². The molecule has 0 atom stereocenters. The number of nitrogens with zero attached hydrogens (tertiary/aromatic N) is 1. The van der Waals surface area contributed by atoms with Crippen molar-refractivity contribution in [3.05, 3.63) is 35.4 Å². The number of aryl methyl sites for hydroxylation is 1. The van der Waals surface area contributed by atoms with E-state index in [4.69, 9.17) is 10.7 Å². The minimum Gasteiger partial charge on any atom is -0.195 e. The number of rotatable bonds is 4. The Morgan fingerprint density at radius 3 is 2.20 bits per heavy atom. The lowest BCUT2D eigenvalue weighted by atomic mass is 10.1. The van der Waals surface area contributed by atoms with Gasteiger partial charge in [-0.2, -0.15) is 12.7 Å². The molecule has 15 heavy (non-hydrogen) atoms. The maximum absolute atomic E-state index is 11.1. The van der Waals surface area contributed by atoms with Gasteiger partial charge in [-0.25, -0.2) is 0 Å². The van der Waals surface area contributed by atoms with Crippen LogP contribution in [0.2, 0.25) is 0 Å². The van der Waals surface area contributed by atoms with E-state index in [2.05, 4.69) is 0 Å². The monoisotopic (exact) mass is 247 g/mol. The highest BCUT2D eigenvalue weighted by Crippen LogP contribution is 2.12. The second-order valence-corrected chi connectivity index (χ2v) is 5.86. The summed E-state index contributed by atoms with van der Waals surface area (Å²) in [4.78, 5) is 0. The van der Waals surface area contributed by atoms with Gasteiger partial charge in [0.1, 0.15) is 0 Å². The standard InChI is InChI=1S/C10H14ClNO2S/c1-3-12(15(11,13)14)8-10-6-4-9(2)5-7-10/h4-7H,3,8H2,1-2H3. The Balaban J connectivity index is 2.80. The summed E-state index contributed by atoms with van der Waals surface area (Å²) in [6.45, 7) is 4.44. The average Bonchev–Trinajstić information content (AvgIpc) is 2.15. The molecule has 1 aromatic carbocycles. The van der Waals surface area contributed by atoms with E-state index in [1.54, 1.807) is 6.92 Å². The van der Waals surface area contributed by atoms with Crippen LogP contribution >= 0.6 is 10.7 Å². The van der Waals surface area contributed by atoms with Gasteiger partial charge in [0, 0.05) is 23.8 Å². The third-order valence-corrected chi connectivity index (χ3v) is 3.73. The highest BCUT2D eigenvalue weighted by atomic mass is 35.7. The molecule has 0 aliphatic rings. The first-order valence-corrected chi connectivity index (χ1v) is 6.95. The zero-order valence-corrected chi connectivity index (χ0v) is 10.3. The van der Waals surface area contributed by atoms with Gasteiger partial charge in [0.05, 0.1) is 0 Å². The summed E-state index contributed by atoms with van der Waals surface area (Å²) in [6.07, 6.45) is 0. The molecule has 0 N–H and O–H groups in total. The molecular formula is C10H14ClNO2S. The van der Waals surface area contributed by atoms with Gasteiger partial charge < -0.3 is 0 Å². The zero-order chi connectivity index (χ0) is 11.5. The first-order chi connectivity index (χ1) is 6.93. The summed E-state index contributed by atoms with van der Waals surface area (Å²) in [7, 11) is 1.66. The van der Waals surface area contributed by atoms with Crippen molar-refractivity contribution in [2.45, 2.75) is 20.4 Å². The van der Waals surface area contributed by atoms with Crippen molar-refractivity contribution in [3.63, 3.8) is 0 Å². The molecule has 1 rings (SSSR count). The number of benzene rings is 1. The smallest absolute Gasteiger partial charge is 0.195 e. The molecule has 0 amide bonds. The summed E-state index contributed by atoms with van der Waals surface area (Å²) in [5.41, 5.74) is 2.09. The van der Waals surface area contributed by atoms with Gasteiger partial charge in [-0.05, 0) is 12.5 Å². The third kappa shape index (κ3) is 3.81. The van der Waals surface area contributed by atoms with Crippen LogP contribution in [0.25, 0.3) is 0 Å². The van der Waals surface area contributed by atoms with Crippen LogP contribution in [0, 0.1) is 6.92 Å². The van der Waals surface area contributed by atoms with Gasteiger partial charge in [-0.3, -0.25) is 0 Å². The maximum atomic E-state index is 11.1. The molecule has 0 heterocycles. The lowest BCUT2D eigenvalue weighted by Crippen LogP contribution is -2.26. The van der Waals surface area contributed by atoms with Crippen molar-refractivity contribution in [2.24, 2.45) is 0 Å². The Labute approximate surface area is 95.2 Å². The van der Waals surface area contributed by atoms with Crippen LogP contribution in [0.3, 0.4) is 0 Å². The van der Waals surface area contributed by atoms with Gasteiger partial charge in [0.15, 0.2) is 0 Å². The Morgan fingerprint density at radius 2 is 1.80 bits per heavy atom. The van der Waals surface area contributed by atoms with Crippen molar-refractivity contribution in [1.29, 1.82) is 0 Å². The Bertz CT molecular complexity index is 414. The van der Waals surface area contributed by atoms with Crippen LogP contribution in [0.1, 0.15) is 18.1 Å². The molecular weight excluding hydrogens is 234 g/mol. The Kier molecular flexibility index (Phi) is 4.13. The second-order valence-electron chi connectivity index (χ2n) is 3.35. The lowest BCUT2D eigenvalue weighted by Gasteiger charge is -2.15. The van der Waals surface area contributed by atoms with E-state index in [0.717, 1.165) is 11.1 Å². The highest BCUT2D eigenvalue weighted by molar-refractivity contribution is 8.11. The molecule has 84 valence electrons. The fourth-order valence-electron chi connectivity index (χ4n) is 1.24. The summed E-state index contributed by atoms with van der Waals surface area (Å²) in [5, 5.41) is 0. The van der Waals surface area contributed by atoms with Crippen LogP contribution < -0.4 is 0 Å². The van der Waals surface area contributed by atoms with Crippen molar-refractivity contribution in [1.82, 2.24) is 4.31 Å². The maximum Gasteiger partial charge on any atom is 0.300 e. The molecule has 5 heteroatoms. The number of halogens is 1. The van der Waals surface area contributed by atoms with Crippen LogP contribution in [0.4, 0.5) is 0 Å². The van der Waals surface area contributed by atoms with E-state index in [-0.39, 0.29) is 0 Å². The molecule has 0 unspecified atom stereocenters. The van der Waals surface area contributed by atoms with Gasteiger partial charge in [0.2, 0.25) is 0 Å². The van der Waals surface area contributed by atoms with E-state index >= 15 is 0 Å². The molecule has 0 aromatic heterocycles. The predicted octanol–water partition coefficient (Wildman–Crippen LogP) is 2.30. The molecule has 0 saturated heterocycles.